The van der Waals surface area contributed by atoms with Gasteiger partial charge in [-0.2, -0.15) is 0 Å². The fourth-order valence-corrected chi connectivity index (χ4v) is 6.76. The van der Waals surface area contributed by atoms with Gasteiger partial charge >= 0.3 is 5.76 Å². The number of H-pyrrole nitrogens is 1. The molecule has 2 aliphatic rings. The zero-order valence-corrected chi connectivity index (χ0v) is 24.1. The molecule has 4 aromatic heterocycles. The normalized spacial score (nSPS) is 24.3. The van der Waals surface area contributed by atoms with Crippen LogP contribution in [0, 0.1) is 17.8 Å². The Labute approximate surface area is 237 Å². The Balaban J connectivity index is 1.62. The molecule has 0 aromatic carbocycles. The molecule has 0 radical (unpaired) electrons. The number of aromatic nitrogens is 6. The molecule has 1 aliphatic carbocycles. The van der Waals surface area contributed by atoms with Crippen molar-refractivity contribution in [2.24, 2.45) is 17.8 Å². The van der Waals surface area contributed by atoms with Gasteiger partial charge in [-0.3, -0.25) is 14.5 Å². The first-order valence-corrected chi connectivity index (χ1v) is 14.6. The smallest absolute Gasteiger partial charge is 0.391 e. The molecule has 11 heteroatoms. The van der Waals surface area contributed by atoms with E-state index in [4.69, 9.17) is 26.1 Å². The standard InChI is InChI=1S/C29H36ClN7O3/c1-15(2)24-10-21(38)14-36(24)28-33-22-11-23(27-34-29(39)40-35-27)32-25(19-9-20(30)13-31-12-19)26(22)37(28)17(4)18-7-5-16(3)6-8-18/h9,11-13,15-18,21,24,38H,5-8,10,14H2,1-4H3,(H,34,35,39)/t16?,17-,18?,21-,24+/m1/s1. The monoisotopic (exact) mass is 565 g/mol. The minimum Gasteiger partial charge on any atom is -0.391 e. The molecule has 3 atom stereocenters. The van der Waals surface area contributed by atoms with E-state index in [9.17, 15) is 9.90 Å². The molecule has 212 valence electrons. The predicted molar refractivity (Wildman–Crippen MR) is 154 cm³/mol. The second-order valence-electron chi connectivity index (χ2n) is 12.0. The number of pyridine rings is 2. The van der Waals surface area contributed by atoms with Crippen molar-refractivity contribution in [3.63, 3.8) is 0 Å². The van der Waals surface area contributed by atoms with Crippen LogP contribution in [0.4, 0.5) is 5.95 Å². The van der Waals surface area contributed by atoms with Crippen molar-refractivity contribution in [2.45, 2.75) is 78.0 Å². The lowest BCUT2D eigenvalue weighted by molar-refractivity contribution is 0.191. The van der Waals surface area contributed by atoms with Crippen molar-refractivity contribution in [3.8, 4) is 22.8 Å². The quantitative estimate of drug-likeness (QED) is 0.315. The summed E-state index contributed by atoms with van der Waals surface area (Å²) in [5.74, 6) is 1.96. The lowest BCUT2D eigenvalue weighted by Crippen LogP contribution is -2.36. The van der Waals surface area contributed by atoms with Crippen LogP contribution in [0.15, 0.2) is 33.8 Å². The summed E-state index contributed by atoms with van der Waals surface area (Å²) in [4.78, 5) is 31.2. The Morgan fingerprint density at radius 2 is 1.90 bits per heavy atom. The topological polar surface area (TPSA) is 126 Å². The highest BCUT2D eigenvalue weighted by atomic mass is 35.5. The first-order chi connectivity index (χ1) is 19.2. The van der Waals surface area contributed by atoms with Gasteiger partial charge in [-0.25, -0.2) is 14.8 Å². The Kier molecular flexibility index (Phi) is 7.16. The van der Waals surface area contributed by atoms with Gasteiger partial charge in [0.15, 0.2) is 0 Å². The van der Waals surface area contributed by atoms with Gasteiger partial charge in [-0.15, -0.1) is 0 Å². The summed E-state index contributed by atoms with van der Waals surface area (Å²) in [6.45, 7) is 9.52. The van der Waals surface area contributed by atoms with Gasteiger partial charge < -0.3 is 14.6 Å². The second-order valence-corrected chi connectivity index (χ2v) is 12.4. The van der Waals surface area contributed by atoms with Crippen LogP contribution in [0.3, 0.4) is 0 Å². The average molecular weight is 566 g/mol. The third-order valence-electron chi connectivity index (χ3n) is 8.81. The molecule has 6 rings (SSSR count). The molecule has 0 unspecified atom stereocenters. The summed E-state index contributed by atoms with van der Waals surface area (Å²) in [5, 5.41) is 15.1. The van der Waals surface area contributed by atoms with Crippen LogP contribution in [0.25, 0.3) is 33.8 Å². The van der Waals surface area contributed by atoms with E-state index in [2.05, 4.69) is 52.3 Å². The highest BCUT2D eigenvalue weighted by Crippen LogP contribution is 2.43. The lowest BCUT2D eigenvalue weighted by atomic mass is 9.79. The molecule has 1 saturated carbocycles. The number of aliphatic hydroxyl groups is 1. The molecular weight excluding hydrogens is 530 g/mol. The Morgan fingerprint density at radius 3 is 2.58 bits per heavy atom. The summed E-state index contributed by atoms with van der Waals surface area (Å²) in [7, 11) is 0. The highest BCUT2D eigenvalue weighted by molar-refractivity contribution is 6.30. The number of β-amino-alcohol motifs (C(OH)–C–C–N with tert-alkyl or cyclic N) is 1. The number of hydrogen-bond acceptors (Lipinski definition) is 8. The Hall–Kier alpha value is -3.24. The molecule has 0 spiro atoms. The van der Waals surface area contributed by atoms with Crippen molar-refractivity contribution >= 4 is 28.6 Å². The van der Waals surface area contributed by atoms with Gasteiger partial charge in [-0.1, -0.05) is 50.4 Å². The lowest BCUT2D eigenvalue weighted by Gasteiger charge is -2.35. The SMILES string of the molecule is CC1CCC([C@@H](C)n2c(N3C[C@H](O)C[C@H]3C(C)C)nc3cc(-c4noc(=O)[nH]4)nc(-c4cncc(Cl)c4)c32)CC1. The van der Waals surface area contributed by atoms with E-state index in [1.54, 1.807) is 12.4 Å². The van der Waals surface area contributed by atoms with Crippen molar-refractivity contribution in [1.82, 2.24) is 29.7 Å². The summed E-state index contributed by atoms with van der Waals surface area (Å²) >= 11 is 6.40. The first kappa shape index (κ1) is 27.0. The molecule has 5 heterocycles. The van der Waals surface area contributed by atoms with E-state index in [1.807, 2.05) is 12.1 Å². The van der Waals surface area contributed by atoms with E-state index >= 15 is 0 Å². The molecule has 1 saturated heterocycles. The molecule has 2 fully saturated rings. The van der Waals surface area contributed by atoms with Crippen molar-refractivity contribution in [2.75, 3.05) is 11.4 Å². The summed E-state index contributed by atoms with van der Waals surface area (Å²) < 4.78 is 7.12. The van der Waals surface area contributed by atoms with Crippen LogP contribution < -0.4 is 10.7 Å². The minimum atomic E-state index is -0.653. The molecule has 2 N–H and O–H groups in total. The number of hydrogen-bond donors (Lipinski definition) is 2. The van der Waals surface area contributed by atoms with Crippen molar-refractivity contribution < 1.29 is 9.63 Å². The fourth-order valence-electron chi connectivity index (χ4n) is 6.59. The maximum Gasteiger partial charge on any atom is 0.439 e. The molecular formula is C29H36ClN7O3. The number of anilines is 1. The first-order valence-electron chi connectivity index (χ1n) is 14.2. The van der Waals surface area contributed by atoms with Crippen LogP contribution >= 0.6 is 11.6 Å². The molecule has 10 nitrogen and oxygen atoms in total. The zero-order valence-electron chi connectivity index (χ0n) is 23.3. The van der Waals surface area contributed by atoms with Gasteiger partial charge in [0.25, 0.3) is 0 Å². The number of imidazole rings is 1. The molecule has 1 aliphatic heterocycles. The van der Waals surface area contributed by atoms with Gasteiger partial charge in [0.05, 0.1) is 27.9 Å². The third kappa shape index (κ3) is 4.92. The maximum atomic E-state index is 11.8. The number of rotatable bonds is 6. The van der Waals surface area contributed by atoms with Crippen LogP contribution in [0.5, 0.6) is 0 Å². The molecule has 4 aromatic rings. The van der Waals surface area contributed by atoms with E-state index in [1.165, 1.54) is 12.8 Å². The summed E-state index contributed by atoms with van der Waals surface area (Å²) in [6, 6.07) is 3.98. The second kappa shape index (κ2) is 10.6. The largest absolute Gasteiger partial charge is 0.439 e. The Bertz CT molecular complexity index is 1570. The number of fused-ring (bicyclic) bond motifs is 1. The number of aliphatic hydroxyl groups excluding tert-OH is 1. The van der Waals surface area contributed by atoms with E-state index in [-0.39, 0.29) is 17.9 Å². The predicted octanol–water partition coefficient (Wildman–Crippen LogP) is 5.47. The minimum absolute atomic E-state index is 0.142. The summed E-state index contributed by atoms with van der Waals surface area (Å²) in [6.07, 6.45) is 8.33. The van der Waals surface area contributed by atoms with Crippen molar-refractivity contribution in [3.05, 3.63) is 40.1 Å². The number of aromatic amines is 1. The average Bonchev–Trinajstić information content (AvgIpc) is 3.64. The van der Waals surface area contributed by atoms with E-state index < -0.39 is 11.9 Å². The summed E-state index contributed by atoms with van der Waals surface area (Å²) in [5.41, 5.74) is 3.43. The van der Waals surface area contributed by atoms with Gasteiger partial charge in [0.2, 0.25) is 11.8 Å². The van der Waals surface area contributed by atoms with Crippen LogP contribution in [0.2, 0.25) is 5.02 Å². The van der Waals surface area contributed by atoms with E-state index in [0.29, 0.717) is 41.2 Å². The van der Waals surface area contributed by atoms with Crippen molar-refractivity contribution in [1.29, 1.82) is 0 Å². The van der Waals surface area contributed by atoms with Gasteiger partial charge in [-0.05, 0) is 56.1 Å². The fraction of sp³-hybridized carbons (Fsp3) is 0.552. The molecule has 0 bridgehead atoms. The van der Waals surface area contributed by atoms with Gasteiger partial charge in [0, 0.05) is 36.6 Å². The number of nitrogens with one attached hydrogen (secondary N) is 1. The molecule has 40 heavy (non-hydrogen) atoms. The van der Waals surface area contributed by atoms with Crippen LogP contribution in [-0.2, 0) is 0 Å². The molecule has 0 amide bonds. The number of nitrogens with zero attached hydrogens (tertiary/aromatic N) is 6. The highest BCUT2D eigenvalue weighted by Gasteiger charge is 2.38. The van der Waals surface area contributed by atoms with E-state index in [0.717, 1.165) is 41.3 Å². The van der Waals surface area contributed by atoms with Crippen LogP contribution in [-0.4, -0.2) is 53.5 Å². The Morgan fingerprint density at radius 1 is 1.12 bits per heavy atom. The zero-order chi connectivity index (χ0) is 28.1. The maximum absolute atomic E-state index is 11.8. The van der Waals surface area contributed by atoms with Gasteiger partial charge in [0.1, 0.15) is 5.69 Å². The van der Waals surface area contributed by atoms with Crippen LogP contribution in [0.1, 0.15) is 65.8 Å². The third-order valence-corrected chi connectivity index (χ3v) is 9.02. The number of halogens is 1.